The van der Waals surface area contributed by atoms with Gasteiger partial charge in [0, 0.05) is 5.92 Å². The number of aldehydes is 1. The van der Waals surface area contributed by atoms with Gasteiger partial charge in [-0.05, 0) is 35.8 Å². The molecule has 0 radical (unpaired) electrons. The SMILES string of the molecule is CC1=CC(C)(C)C2C1=C(C=O)C(C)CC2O. The molecule has 0 aromatic carbocycles. The first kappa shape index (κ1) is 11.6. The van der Waals surface area contributed by atoms with Crippen LogP contribution in [-0.4, -0.2) is 17.5 Å². The zero-order valence-electron chi connectivity index (χ0n) is 10.4. The van der Waals surface area contributed by atoms with Crippen LogP contribution in [0.3, 0.4) is 0 Å². The van der Waals surface area contributed by atoms with Crippen LogP contribution in [-0.2, 0) is 4.79 Å². The smallest absolute Gasteiger partial charge is 0.146 e. The average Bonchev–Trinajstić information content (AvgIpc) is 2.37. The van der Waals surface area contributed by atoms with Gasteiger partial charge in [-0.2, -0.15) is 0 Å². The number of carbonyl (C=O) groups excluding carboxylic acids is 1. The van der Waals surface area contributed by atoms with E-state index in [4.69, 9.17) is 0 Å². The fourth-order valence-electron chi connectivity index (χ4n) is 3.51. The van der Waals surface area contributed by atoms with E-state index in [0.29, 0.717) is 6.42 Å². The number of hydrogen-bond donors (Lipinski definition) is 1. The van der Waals surface area contributed by atoms with Crippen LogP contribution in [0, 0.1) is 17.3 Å². The predicted octanol–water partition coefficient (Wildman–Crippen LogP) is 2.48. The molecule has 16 heavy (non-hydrogen) atoms. The van der Waals surface area contributed by atoms with Crippen molar-refractivity contribution >= 4 is 6.29 Å². The first-order valence-corrected chi connectivity index (χ1v) is 5.95. The summed E-state index contributed by atoms with van der Waals surface area (Å²) < 4.78 is 0. The molecule has 1 N–H and O–H groups in total. The lowest BCUT2D eigenvalue weighted by Gasteiger charge is -2.38. The van der Waals surface area contributed by atoms with Gasteiger partial charge >= 0.3 is 0 Å². The number of fused-ring (bicyclic) bond motifs is 1. The third kappa shape index (κ3) is 1.47. The molecule has 2 aliphatic rings. The minimum absolute atomic E-state index is 0.0345. The molecule has 0 saturated heterocycles. The quantitative estimate of drug-likeness (QED) is 0.689. The number of carbonyl (C=O) groups is 1. The van der Waals surface area contributed by atoms with Gasteiger partial charge in [0.2, 0.25) is 0 Å². The van der Waals surface area contributed by atoms with Crippen LogP contribution in [0.25, 0.3) is 0 Å². The Morgan fingerprint density at radius 3 is 2.69 bits per heavy atom. The third-order valence-corrected chi connectivity index (χ3v) is 4.07. The summed E-state index contributed by atoms with van der Waals surface area (Å²) in [6.07, 6.45) is 3.56. The molecule has 88 valence electrons. The maximum Gasteiger partial charge on any atom is 0.146 e. The van der Waals surface area contributed by atoms with Crippen LogP contribution >= 0.6 is 0 Å². The van der Waals surface area contributed by atoms with Crippen molar-refractivity contribution in [3.8, 4) is 0 Å². The number of aliphatic hydroxyl groups excluding tert-OH is 1. The number of rotatable bonds is 1. The van der Waals surface area contributed by atoms with E-state index in [1.807, 2.05) is 13.8 Å². The van der Waals surface area contributed by atoms with E-state index in [-0.39, 0.29) is 23.4 Å². The van der Waals surface area contributed by atoms with Crippen molar-refractivity contribution in [2.24, 2.45) is 17.3 Å². The van der Waals surface area contributed by atoms with Crippen molar-refractivity contribution in [3.05, 3.63) is 22.8 Å². The molecule has 0 aromatic rings. The molecule has 0 aromatic heterocycles. The highest BCUT2D eigenvalue weighted by atomic mass is 16.3. The lowest BCUT2D eigenvalue weighted by atomic mass is 9.68. The van der Waals surface area contributed by atoms with Gasteiger partial charge in [-0.15, -0.1) is 0 Å². The summed E-state index contributed by atoms with van der Waals surface area (Å²) in [5.41, 5.74) is 3.14. The molecular formula is C14H20O2. The molecule has 2 heteroatoms. The highest BCUT2D eigenvalue weighted by Gasteiger charge is 2.46. The standard InChI is InChI=1S/C14H20O2/c1-8-5-11(16)13-12(10(8)7-15)9(2)6-14(13,3)4/h6-8,11,13,16H,5H2,1-4H3. The summed E-state index contributed by atoms with van der Waals surface area (Å²) in [6, 6.07) is 0. The maximum atomic E-state index is 11.2. The molecule has 0 heterocycles. The molecule has 0 spiro atoms. The number of aliphatic hydroxyl groups is 1. The minimum atomic E-state index is -0.322. The highest BCUT2D eigenvalue weighted by molar-refractivity contribution is 5.78. The van der Waals surface area contributed by atoms with E-state index < -0.39 is 0 Å². The van der Waals surface area contributed by atoms with Crippen molar-refractivity contribution in [3.63, 3.8) is 0 Å². The number of allylic oxidation sites excluding steroid dienone is 3. The first-order chi connectivity index (χ1) is 7.38. The molecule has 2 aliphatic carbocycles. The fourth-order valence-corrected chi connectivity index (χ4v) is 3.51. The Labute approximate surface area is 97.0 Å². The van der Waals surface area contributed by atoms with Crippen LogP contribution in [0.15, 0.2) is 22.8 Å². The van der Waals surface area contributed by atoms with Gasteiger partial charge in [-0.3, -0.25) is 4.79 Å². The molecule has 0 saturated carbocycles. The van der Waals surface area contributed by atoms with E-state index in [9.17, 15) is 9.90 Å². The minimum Gasteiger partial charge on any atom is -0.392 e. The molecule has 3 atom stereocenters. The zero-order valence-corrected chi connectivity index (χ0v) is 10.4. The summed E-state index contributed by atoms with van der Waals surface area (Å²) in [4.78, 5) is 11.2. The zero-order chi connectivity index (χ0) is 12.1. The van der Waals surface area contributed by atoms with Gasteiger partial charge in [0.05, 0.1) is 6.10 Å². The van der Waals surface area contributed by atoms with E-state index in [0.717, 1.165) is 17.4 Å². The third-order valence-electron chi connectivity index (χ3n) is 4.07. The van der Waals surface area contributed by atoms with Gasteiger partial charge in [0.1, 0.15) is 6.29 Å². The van der Waals surface area contributed by atoms with E-state index in [1.54, 1.807) is 0 Å². The summed E-state index contributed by atoms with van der Waals surface area (Å²) in [5.74, 6) is 0.278. The fraction of sp³-hybridized carbons (Fsp3) is 0.643. The second-order valence-electron chi connectivity index (χ2n) is 5.82. The van der Waals surface area contributed by atoms with Crippen LogP contribution < -0.4 is 0 Å². The molecular weight excluding hydrogens is 200 g/mol. The van der Waals surface area contributed by atoms with Gasteiger partial charge in [-0.1, -0.05) is 32.4 Å². The van der Waals surface area contributed by atoms with Gasteiger partial charge in [0.25, 0.3) is 0 Å². The van der Waals surface area contributed by atoms with Crippen LogP contribution in [0.5, 0.6) is 0 Å². The molecule has 0 aliphatic heterocycles. The Bertz CT molecular complexity index is 388. The summed E-state index contributed by atoms with van der Waals surface area (Å²) in [7, 11) is 0. The maximum absolute atomic E-state index is 11.2. The lowest BCUT2D eigenvalue weighted by molar-refractivity contribution is -0.105. The molecule has 0 fully saturated rings. The van der Waals surface area contributed by atoms with Crippen LogP contribution in [0.2, 0.25) is 0 Å². The monoisotopic (exact) mass is 220 g/mol. The molecule has 3 unspecified atom stereocenters. The normalized spacial score (nSPS) is 37.1. The van der Waals surface area contributed by atoms with Crippen LogP contribution in [0.1, 0.15) is 34.1 Å². The Hall–Kier alpha value is -0.890. The van der Waals surface area contributed by atoms with Crippen molar-refractivity contribution < 1.29 is 9.90 Å². The Kier molecular flexibility index (Phi) is 2.58. The largest absolute Gasteiger partial charge is 0.392 e. The van der Waals surface area contributed by atoms with Crippen molar-refractivity contribution in [2.45, 2.75) is 40.2 Å². The van der Waals surface area contributed by atoms with E-state index >= 15 is 0 Å². The van der Waals surface area contributed by atoms with Crippen molar-refractivity contribution in [2.75, 3.05) is 0 Å². The van der Waals surface area contributed by atoms with Crippen LogP contribution in [0.4, 0.5) is 0 Å². The summed E-state index contributed by atoms with van der Waals surface area (Å²) >= 11 is 0. The second-order valence-corrected chi connectivity index (χ2v) is 5.82. The van der Waals surface area contributed by atoms with Gasteiger partial charge in [-0.25, -0.2) is 0 Å². The highest BCUT2D eigenvalue weighted by Crippen LogP contribution is 2.52. The van der Waals surface area contributed by atoms with E-state index in [2.05, 4.69) is 19.9 Å². The molecule has 2 rings (SSSR count). The second kappa shape index (κ2) is 3.56. The topological polar surface area (TPSA) is 37.3 Å². The lowest BCUT2D eigenvalue weighted by Crippen LogP contribution is -2.37. The average molecular weight is 220 g/mol. The Balaban J connectivity index is 2.59. The summed E-state index contributed by atoms with van der Waals surface area (Å²) in [5, 5.41) is 10.2. The Morgan fingerprint density at radius 2 is 2.12 bits per heavy atom. The van der Waals surface area contributed by atoms with E-state index in [1.165, 1.54) is 5.57 Å². The molecule has 2 nitrogen and oxygen atoms in total. The number of hydrogen-bond acceptors (Lipinski definition) is 2. The first-order valence-electron chi connectivity index (χ1n) is 5.95. The molecule has 0 bridgehead atoms. The summed E-state index contributed by atoms with van der Waals surface area (Å²) in [6.45, 7) is 8.34. The Morgan fingerprint density at radius 1 is 1.50 bits per heavy atom. The van der Waals surface area contributed by atoms with Crippen molar-refractivity contribution in [1.82, 2.24) is 0 Å². The van der Waals surface area contributed by atoms with Crippen molar-refractivity contribution in [1.29, 1.82) is 0 Å². The predicted molar refractivity (Wildman–Crippen MR) is 63.9 cm³/mol. The van der Waals surface area contributed by atoms with Gasteiger partial charge < -0.3 is 5.11 Å². The van der Waals surface area contributed by atoms with Gasteiger partial charge in [0.15, 0.2) is 0 Å². The molecule has 0 amide bonds.